The first-order chi connectivity index (χ1) is 13.5. The predicted octanol–water partition coefficient (Wildman–Crippen LogP) is -0.860. The van der Waals surface area contributed by atoms with Crippen LogP contribution in [0.5, 0.6) is 0 Å². The van der Waals surface area contributed by atoms with Crippen molar-refractivity contribution in [2.24, 2.45) is 17.2 Å². The molecular weight excluding hydrogens is 368 g/mol. The van der Waals surface area contributed by atoms with Crippen LogP contribution in [0.3, 0.4) is 0 Å². The summed E-state index contributed by atoms with van der Waals surface area (Å²) in [6, 6.07) is -0.300. The molecule has 0 aromatic carbocycles. The third kappa shape index (κ3) is 17.3. The van der Waals surface area contributed by atoms with Crippen LogP contribution in [0.1, 0.15) is 38.5 Å². The van der Waals surface area contributed by atoms with Crippen molar-refractivity contribution in [2.75, 3.05) is 45.9 Å². The lowest BCUT2D eigenvalue weighted by Crippen LogP contribution is -2.44. The summed E-state index contributed by atoms with van der Waals surface area (Å²) in [7, 11) is 0. The molecule has 1 unspecified atom stereocenters. The van der Waals surface area contributed by atoms with Gasteiger partial charge in [0.2, 0.25) is 5.91 Å². The molecule has 0 aliphatic rings. The van der Waals surface area contributed by atoms with Crippen molar-refractivity contribution in [2.45, 2.75) is 44.6 Å². The molecule has 0 aromatic rings. The number of rotatable bonds is 17. The molecule has 0 bridgehead atoms. The van der Waals surface area contributed by atoms with Gasteiger partial charge in [0.25, 0.3) is 0 Å². The van der Waals surface area contributed by atoms with E-state index in [1.54, 1.807) is 0 Å². The SMILES string of the molecule is NCCCCCNCC(=O)NC(CCCCN)COC(=O)NCCOC(N)=O. The van der Waals surface area contributed by atoms with E-state index in [0.717, 1.165) is 38.6 Å². The molecule has 0 aromatic heterocycles. The number of primary amides is 1. The Morgan fingerprint density at radius 1 is 0.893 bits per heavy atom. The molecule has 28 heavy (non-hydrogen) atoms. The number of unbranched alkanes of at least 4 members (excludes halogenated alkanes) is 3. The van der Waals surface area contributed by atoms with E-state index in [-0.39, 0.29) is 38.3 Å². The molecule has 164 valence electrons. The number of ether oxygens (including phenoxy) is 2. The van der Waals surface area contributed by atoms with Crippen LogP contribution in [0.2, 0.25) is 0 Å². The molecule has 0 aliphatic heterocycles. The number of alkyl carbamates (subject to hydrolysis) is 1. The Morgan fingerprint density at radius 2 is 1.61 bits per heavy atom. The number of carbonyl (C=O) groups is 3. The average molecular weight is 405 g/mol. The standard InChI is InChI=1S/C17H36N6O5/c18-7-3-1-5-9-21-12-15(24)23-14(6-2-4-8-19)13-28-17(26)22-10-11-27-16(20)25/h14,21H,1-13,18-19H2,(H2,20,25)(H,22,26)(H,23,24). The van der Waals surface area contributed by atoms with E-state index in [4.69, 9.17) is 21.9 Å². The summed E-state index contributed by atoms with van der Waals surface area (Å²) in [6.45, 7) is 2.26. The van der Waals surface area contributed by atoms with Crippen molar-refractivity contribution in [3.05, 3.63) is 0 Å². The lowest BCUT2D eigenvalue weighted by molar-refractivity contribution is -0.121. The summed E-state index contributed by atoms with van der Waals surface area (Å²) in [5, 5.41) is 8.37. The topological polar surface area (TPSA) is 184 Å². The molecule has 0 aliphatic carbocycles. The van der Waals surface area contributed by atoms with Gasteiger partial charge >= 0.3 is 12.2 Å². The van der Waals surface area contributed by atoms with Crippen molar-refractivity contribution < 1.29 is 23.9 Å². The Kier molecular flexibility index (Phi) is 16.9. The van der Waals surface area contributed by atoms with E-state index in [0.29, 0.717) is 19.5 Å². The normalized spacial score (nSPS) is 11.5. The first-order valence-electron chi connectivity index (χ1n) is 9.72. The van der Waals surface area contributed by atoms with Gasteiger partial charge in [-0.15, -0.1) is 0 Å². The van der Waals surface area contributed by atoms with E-state index in [2.05, 4.69) is 20.7 Å². The highest BCUT2D eigenvalue weighted by Gasteiger charge is 2.14. The second kappa shape index (κ2) is 18.3. The van der Waals surface area contributed by atoms with Gasteiger partial charge in [-0.1, -0.05) is 12.8 Å². The van der Waals surface area contributed by atoms with E-state index >= 15 is 0 Å². The maximum Gasteiger partial charge on any atom is 0.407 e. The summed E-state index contributed by atoms with van der Waals surface area (Å²) in [5.74, 6) is -0.157. The summed E-state index contributed by atoms with van der Waals surface area (Å²) < 4.78 is 9.60. The van der Waals surface area contributed by atoms with E-state index in [1.165, 1.54) is 0 Å². The third-order valence-electron chi connectivity index (χ3n) is 3.75. The number of hydrogen-bond donors (Lipinski definition) is 6. The van der Waals surface area contributed by atoms with Gasteiger partial charge in [-0.3, -0.25) is 4.79 Å². The number of nitrogens with two attached hydrogens (primary N) is 3. The van der Waals surface area contributed by atoms with Gasteiger partial charge in [0, 0.05) is 0 Å². The Morgan fingerprint density at radius 3 is 2.29 bits per heavy atom. The largest absolute Gasteiger partial charge is 0.448 e. The highest BCUT2D eigenvalue weighted by Crippen LogP contribution is 2.01. The molecule has 0 saturated carbocycles. The zero-order valence-electron chi connectivity index (χ0n) is 16.5. The quantitative estimate of drug-likeness (QED) is 0.169. The smallest absolute Gasteiger partial charge is 0.407 e. The average Bonchev–Trinajstić information content (AvgIpc) is 2.66. The van der Waals surface area contributed by atoms with Gasteiger partial charge in [-0.25, -0.2) is 9.59 Å². The van der Waals surface area contributed by atoms with Crippen LogP contribution >= 0.6 is 0 Å². The molecule has 11 nitrogen and oxygen atoms in total. The molecule has 3 amide bonds. The van der Waals surface area contributed by atoms with Gasteiger partial charge in [0.15, 0.2) is 0 Å². The molecule has 11 heteroatoms. The van der Waals surface area contributed by atoms with E-state index in [9.17, 15) is 14.4 Å². The summed E-state index contributed by atoms with van der Waals surface area (Å²) in [6.07, 6.45) is 3.68. The van der Waals surface area contributed by atoms with Crippen molar-refractivity contribution in [1.29, 1.82) is 0 Å². The number of carbonyl (C=O) groups excluding carboxylic acids is 3. The van der Waals surface area contributed by atoms with Crippen LogP contribution < -0.4 is 33.2 Å². The van der Waals surface area contributed by atoms with Gasteiger partial charge < -0.3 is 42.6 Å². The van der Waals surface area contributed by atoms with Crippen molar-refractivity contribution in [3.8, 4) is 0 Å². The minimum Gasteiger partial charge on any atom is -0.448 e. The van der Waals surface area contributed by atoms with Gasteiger partial charge in [0.05, 0.1) is 19.1 Å². The first-order valence-corrected chi connectivity index (χ1v) is 9.72. The van der Waals surface area contributed by atoms with Crippen LogP contribution in [-0.2, 0) is 14.3 Å². The van der Waals surface area contributed by atoms with Crippen molar-refractivity contribution in [3.63, 3.8) is 0 Å². The highest BCUT2D eigenvalue weighted by atomic mass is 16.6. The maximum atomic E-state index is 12.1. The molecule has 9 N–H and O–H groups in total. The number of hydrogen-bond acceptors (Lipinski definition) is 8. The van der Waals surface area contributed by atoms with Crippen molar-refractivity contribution >= 4 is 18.1 Å². The van der Waals surface area contributed by atoms with Crippen LogP contribution in [0.15, 0.2) is 0 Å². The lowest BCUT2D eigenvalue weighted by Gasteiger charge is -2.19. The third-order valence-corrected chi connectivity index (χ3v) is 3.75. The zero-order valence-corrected chi connectivity index (χ0v) is 16.5. The molecule has 0 saturated heterocycles. The fraction of sp³-hybridized carbons (Fsp3) is 0.824. The second-order valence-electron chi connectivity index (χ2n) is 6.27. The zero-order chi connectivity index (χ0) is 21.0. The monoisotopic (exact) mass is 404 g/mol. The number of amides is 3. The molecule has 0 spiro atoms. The lowest BCUT2D eigenvalue weighted by atomic mass is 10.1. The number of nitrogens with one attached hydrogen (secondary N) is 3. The second-order valence-corrected chi connectivity index (χ2v) is 6.27. The maximum absolute atomic E-state index is 12.1. The molecule has 0 rings (SSSR count). The van der Waals surface area contributed by atoms with Crippen LogP contribution in [0, 0.1) is 0 Å². The van der Waals surface area contributed by atoms with Gasteiger partial charge in [-0.05, 0) is 45.3 Å². The molecule has 0 fully saturated rings. The molecule has 0 radical (unpaired) electrons. The van der Waals surface area contributed by atoms with Gasteiger partial charge in [0.1, 0.15) is 13.2 Å². The Bertz CT molecular complexity index is 438. The Labute approximate surface area is 166 Å². The highest BCUT2D eigenvalue weighted by molar-refractivity contribution is 5.78. The minimum absolute atomic E-state index is 0.0370. The summed E-state index contributed by atoms with van der Waals surface area (Å²) >= 11 is 0. The molecule has 0 heterocycles. The first kappa shape index (κ1) is 25.9. The van der Waals surface area contributed by atoms with E-state index in [1.807, 2.05) is 0 Å². The summed E-state index contributed by atoms with van der Waals surface area (Å²) in [4.78, 5) is 34.1. The van der Waals surface area contributed by atoms with Crippen molar-refractivity contribution in [1.82, 2.24) is 16.0 Å². The molecule has 1 atom stereocenters. The molecular formula is C17H36N6O5. The van der Waals surface area contributed by atoms with E-state index < -0.39 is 12.2 Å². The predicted molar refractivity (Wildman–Crippen MR) is 105 cm³/mol. The fourth-order valence-corrected chi connectivity index (χ4v) is 2.32. The van der Waals surface area contributed by atoms with Crippen LogP contribution in [0.4, 0.5) is 9.59 Å². The fourth-order valence-electron chi connectivity index (χ4n) is 2.32. The summed E-state index contributed by atoms with van der Waals surface area (Å²) in [5.41, 5.74) is 15.7. The van der Waals surface area contributed by atoms with Gasteiger partial charge in [-0.2, -0.15) is 0 Å². The Balaban J connectivity index is 4.10. The Hall–Kier alpha value is -2.11. The van der Waals surface area contributed by atoms with Crippen LogP contribution in [-0.4, -0.2) is 70.1 Å². The minimum atomic E-state index is -0.911. The van der Waals surface area contributed by atoms with Crippen LogP contribution in [0.25, 0.3) is 0 Å².